The van der Waals surface area contributed by atoms with Gasteiger partial charge in [-0.3, -0.25) is 0 Å². The van der Waals surface area contributed by atoms with E-state index in [1.165, 1.54) is 5.56 Å². The maximum atomic E-state index is 10.4. The van der Waals surface area contributed by atoms with E-state index in [1.54, 1.807) is 5.06 Å². The van der Waals surface area contributed by atoms with Gasteiger partial charge in [0.05, 0.1) is 5.54 Å². The lowest BCUT2D eigenvalue weighted by Gasteiger charge is -2.37. The smallest absolute Gasteiger partial charge is 0.0690 e. The highest BCUT2D eigenvalue weighted by molar-refractivity contribution is 5.26. The third-order valence-corrected chi connectivity index (χ3v) is 4.32. The maximum Gasteiger partial charge on any atom is 0.0690 e. The topological polar surface area (TPSA) is 23.5 Å². The number of benzene rings is 1. The van der Waals surface area contributed by atoms with Gasteiger partial charge in [-0.1, -0.05) is 37.3 Å². The third kappa shape index (κ3) is 1.48. The lowest BCUT2D eigenvalue weighted by atomic mass is 9.85. The monoisotopic (exact) mass is 219 g/mol. The van der Waals surface area contributed by atoms with Crippen LogP contribution in [0.3, 0.4) is 0 Å². The number of hydroxylamine groups is 2. The van der Waals surface area contributed by atoms with Crippen LogP contribution in [0.5, 0.6) is 0 Å². The van der Waals surface area contributed by atoms with Gasteiger partial charge in [0.15, 0.2) is 0 Å². The van der Waals surface area contributed by atoms with E-state index < -0.39 is 0 Å². The summed E-state index contributed by atoms with van der Waals surface area (Å²) in [5.41, 5.74) is 0.768. The quantitative estimate of drug-likeness (QED) is 0.782. The van der Waals surface area contributed by atoms with Gasteiger partial charge in [0.25, 0.3) is 0 Å². The molecule has 1 aromatic carbocycles. The zero-order chi connectivity index (χ0) is 12.0. The first-order chi connectivity index (χ1) is 7.39. The van der Waals surface area contributed by atoms with Gasteiger partial charge >= 0.3 is 0 Å². The molecule has 1 aliphatic rings. The van der Waals surface area contributed by atoms with Crippen LogP contribution in [0, 0.1) is 5.92 Å². The molecule has 0 saturated carbocycles. The fourth-order valence-electron chi connectivity index (χ4n) is 2.81. The molecule has 0 aliphatic carbocycles. The van der Waals surface area contributed by atoms with Crippen molar-refractivity contribution in [3.05, 3.63) is 35.9 Å². The van der Waals surface area contributed by atoms with Gasteiger partial charge in [-0.25, -0.2) is 0 Å². The second-order valence-electron chi connectivity index (χ2n) is 5.71. The van der Waals surface area contributed by atoms with Crippen LogP contribution in [-0.4, -0.2) is 15.8 Å². The Kier molecular flexibility index (Phi) is 2.59. The summed E-state index contributed by atoms with van der Waals surface area (Å²) in [5.74, 6) is 0.475. The fraction of sp³-hybridized carbons (Fsp3) is 0.571. The molecule has 0 spiro atoms. The zero-order valence-electron chi connectivity index (χ0n) is 10.6. The van der Waals surface area contributed by atoms with Crippen LogP contribution >= 0.6 is 0 Å². The molecule has 1 aromatic rings. The fourth-order valence-corrected chi connectivity index (χ4v) is 2.81. The van der Waals surface area contributed by atoms with Crippen LogP contribution in [0.4, 0.5) is 0 Å². The molecule has 1 unspecified atom stereocenters. The van der Waals surface area contributed by atoms with Gasteiger partial charge in [0.1, 0.15) is 0 Å². The Balaban J connectivity index is 2.42. The van der Waals surface area contributed by atoms with Crippen LogP contribution in [-0.2, 0) is 5.54 Å². The van der Waals surface area contributed by atoms with E-state index >= 15 is 0 Å². The van der Waals surface area contributed by atoms with Gasteiger partial charge in [0.2, 0.25) is 0 Å². The first-order valence-electron chi connectivity index (χ1n) is 5.94. The molecule has 88 valence electrons. The van der Waals surface area contributed by atoms with Gasteiger partial charge in [0, 0.05) is 5.54 Å². The highest BCUT2D eigenvalue weighted by Crippen LogP contribution is 2.48. The maximum absolute atomic E-state index is 10.4. The molecule has 0 radical (unpaired) electrons. The summed E-state index contributed by atoms with van der Waals surface area (Å²) < 4.78 is 0. The van der Waals surface area contributed by atoms with E-state index in [2.05, 4.69) is 39.8 Å². The molecule has 0 amide bonds. The number of nitrogens with zero attached hydrogens (tertiary/aromatic N) is 1. The van der Waals surface area contributed by atoms with Crippen LogP contribution < -0.4 is 0 Å². The summed E-state index contributed by atoms with van der Waals surface area (Å²) in [6.45, 7) is 8.53. The molecule has 1 heterocycles. The second kappa shape index (κ2) is 3.57. The van der Waals surface area contributed by atoms with E-state index in [-0.39, 0.29) is 11.1 Å². The molecule has 2 rings (SSSR count). The predicted octanol–water partition coefficient (Wildman–Crippen LogP) is 3.41. The minimum absolute atomic E-state index is 0.162. The van der Waals surface area contributed by atoms with Crippen molar-refractivity contribution in [2.75, 3.05) is 0 Å². The van der Waals surface area contributed by atoms with Crippen LogP contribution in [0.25, 0.3) is 0 Å². The number of rotatable bonds is 1. The molecule has 2 heteroatoms. The van der Waals surface area contributed by atoms with Crippen molar-refractivity contribution >= 4 is 0 Å². The summed E-state index contributed by atoms with van der Waals surface area (Å²) in [7, 11) is 0. The van der Waals surface area contributed by atoms with E-state index in [9.17, 15) is 5.21 Å². The number of hydrogen-bond acceptors (Lipinski definition) is 2. The zero-order valence-corrected chi connectivity index (χ0v) is 10.6. The van der Waals surface area contributed by atoms with E-state index in [1.807, 2.05) is 18.2 Å². The molecule has 1 fully saturated rings. The van der Waals surface area contributed by atoms with Crippen molar-refractivity contribution in [3.8, 4) is 0 Å². The summed E-state index contributed by atoms with van der Waals surface area (Å²) >= 11 is 0. The SMILES string of the molecule is CC1C[C@](C)(c2ccccc2)N(O)C1(C)C. The Morgan fingerprint density at radius 2 is 1.75 bits per heavy atom. The van der Waals surface area contributed by atoms with Crippen LogP contribution in [0.2, 0.25) is 0 Å². The first-order valence-corrected chi connectivity index (χ1v) is 5.94. The summed E-state index contributed by atoms with van der Waals surface area (Å²) in [5, 5.41) is 12.0. The molecule has 2 atom stereocenters. The van der Waals surface area contributed by atoms with Crippen molar-refractivity contribution < 1.29 is 5.21 Å². The second-order valence-corrected chi connectivity index (χ2v) is 5.71. The highest BCUT2D eigenvalue weighted by Gasteiger charge is 2.52. The Labute approximate surface area is 97.9 Å². The van der Waals surface area contributed by atoms with Crippen LogP contribution in [0.15, 0.2) is 30.3 Å². The van der Waals surface area contributed by atoms with Crippen molar-refractivity contribution in [2.24, 2.45) is 5.92 Å². The van der Waals surface area contributed by atoms with E-state index in [0.717, 1.165) is 6.42 Å². The van der Waals surface area contributed by atoms with E-state index in [4.69, 9.17) is 0 Å². The minimum atomic E-state index is -0.260. The molecule has 1 aliphatic heterocycles. The Hall–Kier alpha value is -0.860. The van der Waals surface area contributed by atoms with Crippen molar-refractivity contribution in [1.82, 2.24) is 5.06 Å². The van der Waals surface area contributed by atoms with Crippen molar-refractivity contribution in [2.45, 2.75) is 45.2 Å². The van der Waals surface area contributed by atoms with Gasteiger partial charge in [-0.15, -0.1) is 0 Å². The molecule has 0 aromatic heterocycles. The largest absolute Gasteiger partial charge is 0.313 e. The first kappa shape index (κ1) is 11.6. The van der Waals surface area contributed by atoms with Gasteiger partial charge < -0.3 is 5.21 Å². The molecule has 0 bridgehead atoms. The standard InChI is InChI=1S/C14H21NO/c1-11-10-14(4,15(16)13(11,2)3)12-8-6-5-7-9-12/h5-9,11,16H,10H2,1-4H3/t11?,14-/m1/s1. The Bertz CT molecular complexity index is 374. The Morgan fingerprint density at radius 1 is 1.19 bits per heavy atom. The summed E-state index contributed by atoms with van der Waals surface area (Å²) in [6.07, 6.45) is 0.987. The van der Waals surface area contributed by atoms with Gasteiger partial charge in [-0.2, -0.15) is 5.06 Å². The molecule has 2 nitrogen and oxygen atoms in total. The minimum Gasteiger partial charge on any atom is -0.313 e. The molecule has 1 saturated heterocycles. The van der Waals surface area contributed by atoms with Crippen LogP contribution in [0.1, 0.15) is 39.7 Å². The molecular formula is C14H21NO. The predicted molar refractivity (Wildman–Crippen MR) is 65.3 cm³/mol. The highest BCUT2D eigenvalue weighted by atomic mass is 16.5. The van der Waals surface area contributed by atoms with Crippen molar-refractivity contribution in [1.29, 1.82) is 0 Å². The lowest BCUT2D eigenvalue weighted by molar-refractivity contribution is -0.204. The molecule has 16 heavy (non-hydrogen) atoms. The molecule has 1 N–H and O–H groups in total. The average Bonchev–Trinajstić information content (AvgIpc) is 2.42. The average molecular weight is 219 g/mol. The summed E-state index contributed by atoms with van der Waals surface area (Å²) in [6, 6.07) is 10.3. The van der Waals surface area contributed by atoms with Gasteiger partial charge in [-0.05, 0) is 38.7 Å². The summed E-state index contributed by atoms with van der Waals surface area (Å²) in [4.78, 5) is 0. The van der Waals surface area contributed by atoms with Crippen molar-refractivity contribution in [3.63, 3.8) is 0 Å². The number of hydrogen-bond donors (Lipinski definition) is 1. The molecular weight excluding hydrogens is 198 g/mol. The lowest BCUT2D eigenvalue weighted by Crippen LogP contribution is -2.46. The Morgan fingerprint density at radius 3 is 2.19 bits per heavy atom. The third-order valence-electron chi connectivity index (χ3n) is 4.32. The van der Waals surface area contributed by atoms with E-state index in [0.29, 0.717) is 5.92 Å². The normalized spacial score (nSPS) is 34.2.